The zero-order valence-electron chi connectivity index (χ0n) is 13.3. The molecule has 1 aromatic heterocycles. The number of benzene rings is 1. The van der Waals surface area contributed by atoms with Gasteiger partial charge in [0, 0.05) is 39.1 Å². The first-order valence-corrected chi connectivity index (χ1v) is 7.57. The number of para-hydroxylation sites is 1. The van der Waals surface area contributed by atoms with E-state index in [-0.39, 0.29) is 5.91 Å². The third-order valence-corrected chi connectivity index (χ3v) is 3.97. The van der Waals surface area contributed by atoms with Gasteiger partial charge >= 0.3 is 0 Å². The molecule has 2 heterocycles. The average molecular weight is 299 g/mol. The molecule has 116 valence electrons. The number of anilines is 2. The lowest BCUT2D eigenvalue weighted by molar-refractivity contribution is -0.130. The van der Waals surface area contributed by atoms with Gasteiger partial charge in [0.25, 0.3) is 0 Å². The average Bonchev–Trinajstić information content (AvgIpc) is 2.53. The van der Waals surface area contributed by atoms with Crippen molar-refractivity contribution >= 4 is 28.6 Å². The number of hydrogen-bond acceptors (Lipinski definition) is 5. The van der Waals surface area contributed by atoms with E-state index < -0.39 is 0 Å². The van der Waals surface area contributed by atoms with Gasteiger partial charge in [0.2, 0.25) is 11.9 Å². The molecule has 1 aliphatic heterocycles. The number of hydrogen-bond donors (Lipinski definition) is 0. The maximum Gasteiger partial charge on any atom is 0.242 e. The van der Waals surface area contributed by atoms with Crippen molar-refractivity contribution in [3.63, 3.8) is 0 Å². The molecule has 1 saturated heterocycles. The van der Waals surface area contributed by atoms with Crippen molar-refractivity contribution in [2.75, 3.05) is 50.1 Å². The van der Waals surface area contributed by atoms with E-state index in [1.165, 1.54) is 0 Å². The van der Waals surface area contributed by atoms with Crippen molar-refractivity contribution in [1.29, 1.82) is 0 Å². The molecule has 0 N–H and O–H groups in total. The minimum absolute atomic E-state index is 0.155. The Labute approximate surface area is 130 Å². The molecule has 6 heteroatoms. The van der Waals surface area contributed by atoms with Crippen LogP contribution in [0.5, 0.6) is 0 Å². The van der Waals surface area contributed by atoms with E-state index in [0.717, 1.165) is 36.4 Å². The number of carbonyl (C=O) groups excluding carboxylic acids is 1. The second kappa shape index (κ2) is 5.79. The van der Waals surface area contributed by atoms with Crippen molar-refractivity contribution in [3.8, 4) is 0 Å². The Kier molecular flexibility index (Phi) is 3.83. The fourth-order valence-corrected chi connectivity index (χ4v) is 2.71. The lowest BCUT2D eigenvalue weighted by Crippen LogP contribution is -2.50. The predicted molar refractivity (Wildman–Crippen MR) is 88.3 cm³/mol. The Morgan fingerprint density at radius 2 is 1.95 bits per heavy atom. The third-order valence-electron chi connectivity index (χ3n) is 3.97. The highest BCUT2D eigenvalue weighted by molar-refractivity contribution is 5.93. The summed E-state index contributed by atoms with van der Waals surface area (Å²) in [5.41, 5.74) is 0.904. The summed E-state index contributed by atoms with van der Waals surface area (Å²) in [5.74, 6) is 1.67. The number of amides is 1. The minimum atomic E-state index is 0.155. The van der Waals surface area contributed by atoms with Crippen molar-refractivity contribution < 1.29 is 4.79 Å². The third kappa shape index (κ3) is 2.56. The second-order valence-electron chi connectivity index (χ2n) is 5.65. The van der Waals surface area contributed by atoms with Gasteiger partial charge in [-0.3, -0.25) is 4.79 Å². The smallest absolute Gasteiger partial charge is 0.242 e. The first-order chi connectivity index (χ1) is 10.6. The molecular formula is C16H21N5O. The Balaban J connectivity index is 2.04. The van der Waals surface area contributed by atoms with E-state index in [1.54, 1.807) is 0 Å². The topological polar surface area (TPSA) is 52.6 Å². The summed E-state index contributed by atoms with van der Waals surface area (Å²) >= 11 is 0. The van der Waals surface area contributed by atoms with Gasteiger partial charge in [-0.15, -0.1) is 0 Å². The lowest BCUT2D eigenvalue weighted by Gasteiger charge is -2.35. The summed E-state index contributed by atoms with van der Waals surface area (Å²) in [6.07, 6.45) is 0. The van der Waals surface area contributed by atoms with Crippen LogP contribution >= 0.6 is 0 Å². The highest BCUT2D eigenvalue weighted by Gasteiger charge is 2.25. The van der Waals surface area contributed by atoms with Crippen LogP contribution in [-0.2, 0) is 4.79 Å². The molecule has 1 fully saturated rings. The zero-order valence-corrected chi connectivity index (χ0v) is 13.3. The summed E-state index contributed by atoms with van der Waals surface area (Å²) in [5, 5.41) is 0.992. The maximum absolute atomic E-state index is 12.2. The minimum Gasteiger partial charge on any atom is -0.347 e. The molecule has 0 atom stereocenters. The number of fused-ring (bicyclic) bond motifs is 1. The number of piperazine rings is 1. The Morgan fingerprint density at radius 3 is 2.64 bits per heavy atom. The van der Waals surface area contributed by atoms with Gasteiger partial charge < -0.3 is 14.7 Å². The van der Waals surface area contributed by atoms with Gasteiger partial charge in [-0.05, 0) is 19.1 Å². The highest BCUT2D eigenvalue weighted by Crippen LogP contribution is 2.27. The van der Waals surface area contributed by atoms with Gasteiger partial charge in [0.1, 0.15) is 5.82 Å². The quantitative estimate of drug-likeness (QED) is 0.856. The van der Waals surface area contributed by atoms with Crippen LogP contribution in [0.25, 0.3) is 10.9 Å². The number of rotatable bonds is 3. The lowest BCUT2D eigenvalue weighted by atomic mass is 10.2. The van der Waals surface area contributed by atoms with Crippen molar-refractivity contribution in [1.82, 2.24) is 14.9 Å². The SMILES string of the molecule is CCN1CCN(c2nc(N(C)C)nc3ccccc23)CC1=O. The first-order valence-electron chi connectivity index (χ1n) is 7.57. The Hall–Kier alpha value is -2.37. The summed E-state index contributed by atoms with van der Waals surface area (Å²) in [6, 6.07) is 7.95. The molecule has 1 aromatic carbocycles. The molecule has 0 unspecified atom stereocenters. The van der Waals surface area contributed by atoms with Crippen LogP contribution in [0, 0.1) is 0 Å². The number of likely N-dealkylation sites (N-methyl/N-ethyl adjacent to an activating group) is 1. The number of aromatic nitrogens is 2. The highest BCUT2D eigenvalue weighted by atomic mass is 16.2. The molecule has 2 aromatic rings. The summed E-state index contributed by atoms with van der Waals surface area (Å²) in [4.78, 5) is 27.3. The van der Waals surface area contributed by atoms with Crippen LogP contribution in [0.4, 0.5) is 11.8 Å². The fourth-order valence-electron chi connectivity index (χ4n) is 2.71. The zero-order chi connectivity index (χ0) is 15.7. The number of carbonyl (C=O) groups is 1. The molecule has 0 aliphatic carbocycles. The predicted octanol–water partition coefficient (Wildman–Crippen LogP) is 1.36. The molecule has 0 spiro atoms. The van der Waals surface area contributed by atoms with Crippen LogP contribution in [0.3, 0.4) is 0 Å². The van der Waals surface area contributed by atoms with Gasteiger partial charge in [-0.1, -0.05) is 12.1 Å². The Morgan fingerprint density at radius 1 is 1.18 bits per heavy atom. The summed E-state index contributed by atoms with van der Waals surface area (Å²) in [6.45, 7) is 4.69. The van der Waals surface area contributed by atoms with Gasteiger partial charge in [0.15, 0.2) is 0 Å². The molecule has 3 rings (SSSR count). The number of nitrogens with zero attached hydrogens (tertiary/aromatic N) is 5. The van der Waals surface area contributed by atoms with Gasteiger partial charge in [-0.25, -0.2) is 4.98 Å². The van der Waals surface area contributed by atoms with E-state index in [9.17, 15) is 4.79 Å². The van der Waals surface area contributed by atoms with E-state index in [2.05, 4.69) is 14.9 Å². The molecule has 0 bridgehead atoms. The molecular weight excluding hydrogens is 278 g/mol. The normalized spacial score (nSPS) is 15.5. The largest absolute Gasteiger partial charge is 0.347 e. The van der Waals surface area contributed by atoms with Crippen LogP contribution in [-0.4, -0.2) is 61.0 Å². The Bertz CT molecular complexity index is 700. The van der Waals surface area contributed by atoms with Crippen molar-refractivity contribution in [3.05, 3.63) is 24.3 Å². The van der Waals surface area contributed by atoms with Crippen LogP contribution in [0.1, 0.15) is 6.92 Å². The molecule has 0 saturated carbocycles. The van der Waals surface area contributed by atoms with Gasteiger partial charge in [0.05, 0.1) is 12.1 Å². The summed E-state index contributed by atoms with van der Waals surface area (Å²) in [7, 11) is 3.85. The van der Waals surface area contributed by atoms with Crippen LogP contribution in [0.15, 0.2) is 24.3 Å². The maximum atomic E-state index is 12.2. The van der Waals surface area contributed by atoms with E-state index in [1.807, 2.05) is 55.1 Å². The monoisotopic (exact) mass is 299 g/mol. The van der Waals surface area contributed by atoms with Crippen LogP contribution in [0.2, 0.25) is 0 Å². The summed E-state index contributed by atoms with van der Waals surface area (Å²) < 4.78 is 0. The van der Waals surface area contributed by atoms with Crippen molar-refractivity contribution in [2.24, 2.45) is 0 Å². The molecule has 1 amide bonds. The van der Waals surface area contributed by atoms with Gasteiger partial charge in [-0.2, -0.15) is 4.98 Å². The molecule has 0 radical (unpaired) electrons. The van der Waals surface area contributed by atoms with E-state index in [4.69, 9.17) is 0 Å². The molecule has 1 aliphatic rings. The first kappa shape index (κ1) is 14.6. The standard InChI is InChI=1S/C16H21N5O/c1-4-20-9-10-21(11-14(20)22)15-12-7-5-6-8-13(12)17-16(18-15)19(2)3/h5-8H,4,9-11H2,1-3H3. The molecule has 22 heavy (non-hydrogen) atoms. The van der Waals surface area contributed by atoms with E-state index in [0.29, 0.717) is 12.5 Å². The molecule has 6 nitrogen and oxygen atoms in total. The van der Waals surface area contributed by atoms with Crippen LogP contribution < -0.4 is 9.80 Å². The second-order valence-corrected chi connectivity index (χ2v) is 5.65. The fraction of sp³-hybridized carbons (Fsp3) is 0.438. The van der Waals surface area contributed by atoms with Crippen molar-refractivity contribution in [2.45, 2.75) is 6.92 Å². The van der Waals surface area contributed by atoms with E-state index >= 15 is 0 Å².